The predicted octanol–water partition coefficient (Wildman–Crippen LogP) is -0.504. The van der Waals surface area contributed by atoms with Crippen molar-refractivity contribution < 1.29 is 4.79 Å². The molecule has 4 heteroatoms. The van der Waals surface area contributed by atoms with Gasteiger partial charge in [0.2, 0.25) is 5.91 Å². The van der Waals surface area contributed by atoms with Crippen molar-refractivity contribution in [3.63, 3.8) is 0 Å². The molecule has 1 saturated heterocycles. The lowest BCUT2D eigenvalue weighted by atomic mass is 10.2. The van der Waals surface area contributed by atoms with Gasteiger partial charge >= 0.3 is 0 Å². The van der Waals surface area contributed by atoms with Crippen molar-refractivity contribution in [2.75, 3.05) is 26.7 Å². The number of piperazine rings is 1. The third-order valence-corrected chi connectivity index (χ3v) is 2.66. The summed E-state index contributed by atoms with van der Waals surface area (Å²) < 4.78 is 0. The first-order chi connectivity index (χ1) is 6.02. The van der Waals surface area contributed by atoms with Crippen LogP contribution < -0.4 is 5.73 Å². The molecule has 1 heterocycles. The van der Waals surface area contributed by atoms with Crippen LogP contribution in [0.5, 0.6) is 0 Å². The molecule has 1 rings (SSSR count). The molecule has 0 aromatic heterocycles. The quantitative estimate of drug-likeness (QED) is 0.599. The Morgan fingerprint density at radius 3 is 2.62 bits per heavy atom. The summed E-state index contributed by atoms with van der Waals surface area (Å²) in [5, 5.41) is 0. The van der Waals surface area contributed by atoms with Crippen molar-refractivity contribution in [3.05, 3.63) is 0 Å². The zero-order valence-corrected chi connectivity index (χ0v) is 8.66. The van der Waals surface area contributed by atoms with Gasteiger partial charge in [-0.1, -0.05) is 0 Å². The van der Waals surface area contributed by atoms with Crippen LogP contribution in [0.1, 0.15) is 13.8 Å². The molecule has 0 radical (unpaired) electrons. The van der Waals surface area contributed by atoms with Crippen molar-refractivity contribution in [2.24, 2.45) is 5.73 Å². The van der Waals surface area contributed by atoms with Crippen LogP contribution in [0.2, 0.25) is 0 Å². The molecule has 0 bridgehead atoms. The maximum atomic E-state index is 11.5. The molecule has 0 saturated carbocycles. The Balaban J connectivity index is 2.50. The van der Waals surface area contributed by atoms with Gasteiger partial charge in [0.25, 0.3) is 0 Å². The molecule has 1 unspecified atom stereocenters. The van der Waals surface area contributed by atoms with Crippen molar-refractivity contribution in [1.82, 2.24) is 9.80 Å². The second-order valence-electron chi connectivity index (χ2n) is 3.90. The van der Waals surface area contributed by atoms with Gasteiger partial charge in [0.1, 0.15) is 0 Å². The minimum atomic E-state index is -0.365. The Morgan fingerprint density at radius 1 is 1.54 bits per heavy atom. The van der Waals surface area contributed by atoms with Gasteiger partial charge in [0, 0.05) is 25.7 Å². The van der Waals surface area contributed by atoms with Gasteiger partial charge in [-0.25, -0.2) is 0 Å². The average Bonchev–Trinajstić information content (AvgIpc) is 2.08. The van der Waals surface area contributed by atoms with Crippen LogP contribution in [0, 0.1) is 0 Å². The van der Waals surface area contributed by atoms with E-state index < -0.39 is 0 Å². The average molecular weight is 185 g/mol. The number of carbonyl (C=O) groups excluding carboxylic acids is 1. The predicted molar refractivity (Wildman–Crippen MR) is 52.3 cm³/mol. The fraction of sp³-hybridized carbons (Fsp3) is 0.889. The number of likely N-dealkylation sites (N-methyl/N-ethyl adjacent to an activating group) is 1. The van der Waals surface area contributed by atoms with Crippen LogP contribution >= 0.6 is 0 Å². The van der Waals surface area contributed by atoms with Gasteiger partial charge in [-0.05, 0) is 20.9 Å². The van der Waals surface area contributed by atoms with Gasteiger partial charge in [-0.15, -0.1) is 0 Å². The number of hydrogen-bond acceptors (Lipinski definition) is 3. The summed E-state index contributed by atoms with van der Waals surface area (Å²) in [7, 11) is 2.08. The van der Waals surface area contributed by atoms with E-state index in [4.69, 9.17) is 5.73 Å². The third kappa shape index (κ3) is 2.42. The highest BCUT2D eigenvalue weighted by molar-refractivity contribution is 5.81. The van der Waals surface area contributed by atoms with E-state index in [1.165, 1.54) is 0 Å². The third-order valence-electron chi connectivity index (χ3n) is 2.66. The molecule has 4 nitrogen and oxygen atoms in total. The lowest BCUT2D eigenvalue weighted by Gasteiger charge is -2.38. The molecule has 1 amide bonds. The Labute approximate surface area is 79.7 Å². The largest absolute Gasteiger partial charge is 0.339 e. The highest BCUT2D eigenvalue weighted by Gasteiger charge is 2.25. The van der Waals surface area contributed by atoms with Crippen molar-refractivity contribution in [1.29, 1.82) is 0 Å². The first-order valence-corrected chi connectivity index (χ1v) is 4.77. The number of carbonyl (C=O) groups is 1. The van der Waals surface area contributed by atoms with Gasteiger partial charge < -0.3 is 15.5 Å². The fourth-order valence-electron chi connectivity index (χ4n) is 1.54. The van der Waals surface area contributed by atoms with Crippen molar-refractivity contribution >= 4 is 5.91 Å². The number of rotatable bonds is 1. The van der Waals surface area contributed by atoms with Crippen LogP contribution in [0.15, 0.2) is 0 Å². The maximum absolute atomic E-state index is 11.5. The number of nitrogens with two attached hydrogens (primary N) is 1. The summed E-state index contributed by atoms with van der Waals surface area (Å²) in [5.41, 5.74) is 5.54. The normalized spacial score (nSPS) is 27.4. The first kappa shape index (κ1) is 10.5. The SMILES string of the molecule is CC1CN(C(=O)[C@@H](C)N)CCN1C. The molecule has 0 aromatic carbocycles. The lowest BCUT2D eigenvalue weighted by molar-refractivity contribution is -0.134. The lowest BCUT2D eigenvalue weighted by Crippen LogP contribution is -2.55. The van der Waals surface area contributed by atoms with E-state index in [2.05, 4.69) is 18.9 Å². The van der Waals surface area contributed by atoms with Gasteiger partial charge in [-0.3, -0.25) is 4.79 Å². The van der Waals surface area contributed by atoms with E-state index in [1.54, 1.807) is 6.92 Å². The van der Waals surface area contributed by atoms with Crippen molar-refractivity contribution in [3.8, 4) is 0 Å². The van der Waals surface area contributed by atoms with Gasteiger partial charge in [0.05, 0.1) is 6.04 Å². The smallest absolute Gasteiger partial charge is 0.239 e. The van der Waals surface area contributed by atoms with E-state index in [1.807, 2.05) is 4.90 Å². The Morgan fingerprint density at radius 2 is 2.15 bits per heavy atom. The van der Waals surface area contributed by atoms with E-state index >= 15 is 0 Å². The summed E-state index contributed by atoms with van der Waals surface area (Å²) in [4.78, 5) is 15.6. The summed E-state index contributed by atoms with van der Waals surface area (Å²) in [5.74, 6) is 0.0694. The van der Waals surface area contributed by atoms with E-state index in [-0.39, 0.29) is 11.9 Å². The summed E-state index contributed by atoms with van der Waals surface area (Å²) in [6.45, 7) is 6.42. The van der Waals surface area contributed by atoms with Crippen LogP contribution in [0.4, 0.5) is 0 Å². The monoisotopic (exact) mass is 185 g/mol. The molecule has 2 atom stereocenters. The number of nitrogens with zero attached hydrogens (tertiary/aromatic N) is 2. The zero-order chi connectivity index (χ0) is 10.0. The topological polar surface area (TPSA) is 49.6 Å². The molecule has 0 aromatic rings. The van der Waals surface area contributed by atoms with Crippen LogP contribution in [0.3, 0.4) is 0 Å². The van der Waals surface area contributed by atoms with Gasteiger partial charge in [-0.2, -0.15) is 0 Å². The van der Waals surface area contributed by atoms with Crippen molar-refractivity contribution in [2.45, 2.75) is 25.9 Å². The molecule has 1 aliphatic rings. The molecule has 0 spiro atoms. The van der Waals surface area contributed by atoms with E-state index in [0.29, 0.717) is 6.04 Å². The van der Waals surface area contributed by atoms with Crippen LogP contribution in [-0.2, 0) is 4.79 Å². The molecule has 13 heavy (non-hydrogen) atoms. The Hall–Kier alpha value is -0.610. The Kier molecular flexibility index (Phi) is 3.27. The Bertz CT molecular complexity index is 193. The summed E-state index contributed by atoms with van der Waals surface area (Å²) in [6.07, 6.45) is 0. The fourth-order valence-corrected chi connectivity index (χ4v) is 1.54. The molecule has 2 N–H and O–H groups in total. The minimum absolute atomic E-state index is 0.0694. The van der Waals surface area contributed by atoms with Gasteiger partial charge in [0.15, 0.2) is 0 Å². The summed E-state index contributed by atoms with van der Waals surface area (Å²) in [6, 6.07) is 0.0760. The molecular weight excluding hydrogens is 166 g/mol. The van der Waals surface area contributed by atoms with E-state index in [9.17, 15) is 4.79 Å². The second-order valence-corrected chi connectivity index (χ2v) is 3.90. The minimum Gasteiger partial charge on any atom is -0.339 e. The molecule has 1 aliphatic heterocycles. The zero-order valence-electron chi connectivity index (χ0n) is 8.66. The number of hydrogen-bond donors (Lipinski definition) is 1. The standard InChI is InChI=1S/C9H19N3O/c1-7-6-12(5-4-11(7)3)9(13)8(2)10/h7-8H,4-6,10H2,1-3H3/t7?,8-/m1/s1. The van der Waals surface area contributed by atoms with Crippen LogP contribution in [0.25, 0.3) is 0 Å². The molecule has 0 aliphatic carbocycles. The van der Waals surface area contributed by atoms with E-state index in [0.717, 1.165) is 19.6 Å². The molecular formula is C9H19N3O. The first-order valence-electron chi connectivity index (χ1n) is 4.77. The highest BCUT2D eigenvalue weighted by atomic mass is 16.2. The maximum Gasteiger partial charge on any atom is 0.239 e. The van der Waals surface area contributed by atoms with Crippen LogP contribution in [-0.4, -0.2) is 54.5 Å². The molecule has 76 valence electrons. The highest BCUT2D eigenvalue weighted by Crippen LogP contribution is 2.07. The number of amides is 1. The second kappa shape index (κ2) is 4.07. The molecule has 1 fully saturated rings. The summed E-state index contributed by atoms with van der Waals surface area (Å²) >= 11 is 0.